The van der Waals surface area contributed by atoms with Crippen molar-refractivity contribution in [3.05, 3.63) is 129 Å². The summed E-state index contributed by atoms with van der Waals surface area (Å²) >= 11 is 4.84. The number of thioether (sulfide) groups is 1. The molecule has 0 spiro atoms. The second-order valence-electron chi connectivity index (χ2n) is 9.02. The number of anilines is 2. The van der Waals surface area contributed by atoms with Gasteiger partial charge in [0.05, 0.1) is 5.75 Å². The average Bonchev–Trinajstić information content (AvgIpc) is 2.95. The summed E-state index contributed by atoms with van der Waals surface area (Å²) in [5, 5.41) is 8.58. The number of nitrogens with one attached hydrogen (secondary N) is 3. The van der Waals surface area contributed by atoms with E-state index in [0.29, 0.717) is 11.3 Å². The molecule has 202 valence electrons. The normalized spacial score (nSPS) is 11.0. The molecule has 3 N–H and O–H groups in total. The minimum absolute atomic E-state index is 0.0868. The maximum Gasteiger partial charge on any atom is 0.272 e. The summed E-state index contributed by atoms with van der Waals surface area (Å²) in [6.45, 7) is 3.94. The molecule has 3 amide bonds. The zero-order valence-electron chi connectivity index (χ0n) is 22.0. The van der Waals surface area contributed by atoms with E-state index in [1.54, 1.807) is 42.5 Å². The van der Waals surface area contributed by atoms with E-state index in [0.717, 1.165) is 31.7 Å². The van der Waals surface area contributed by atoms with Gasteiger partial charge in [0.2, 0.25) is 5.91 Å². The molecule has 0 unspecified atom stereocenters. The molecule has 0 saturated carbocycles. The molecule has 0 radical (unpaired) electrons. The molecule has 4 aromatic carbocycles. The van der Waals surface area contributed by atoms with Crippen LogP contribution in [0.5, 0.6) is 0 Å². The standard InChI is InChI=1S/C32H28BrN3O3S/c1-21-8-6-9-22(2)30(21)36-29(37)20-40-27-16-14-26(15-17-27)34-32(39)28(19-23-10-7-13-25(33)18-23)35-31(38)24-11-4-3-5-12-24/h3-19H,20H2,1-2H3,(H,34,39)(H,35,38)(H,36,37)/b28-19-. The lowest BCUT2D eigenvalue weighted by Crippen LogP contribution is -2.30. The molecule has 0 bridgehead atoms. The molecule has 6 nitrogen and oxygen atoms in total. The number of aryl methyl sites for hydroxylation is 2. The van der Waals surface area contributed by atoms with Crippen molar-refractivity contribution in [3.63, 3.8) is 0 Å². The number of para-hydroxylation sites is 1. The lowest BCUT2D eigenvalue weighted by Gasteiger charge is -2.12. The lowest BCUT2D eigenvalue weighted by atomic mass is 10.1. The van der Waals surface area contributed by atoms with Crippen molar-refractivity contribution in [3.8, 4) is 0 Å². The molecule has 0 aromatic heterocycles. The van der Waals surface area contributed by atoms with Crippen molar-refractivity contribution < 1.29 is 14.4 Å². The highest BCUT2D eigenvalue weighted by Crippen LogP contribution is 2.23. The van der Waals surface area contributed by atoms with Gasteiger partial charge in [-0.3, -0.25) is 14.4 Å². The fraction of sp³-hybridized carbons (Fsp3) is 0.0938. The molecule has 4 rings (SSSR count). The average molecular weight is 615 g/mol. The van der Waals surface area contributed by atoms with Crippen LogP contribution in [0.1, 0.15) is 27.0 Å². The Bertz CT molecular complexity index is 1530. The zero-order valence-corrected chi connectivity index (χ0v) is 24.4. The first-order chi connectivity index (χ1) is 19.3. The van der Waals surface area contributed by atoms with Crippen molar-refractivity contribution in [1.29, 1.82) is 0 Å². The van der Waals surface area contributed by atoms with Crippen LogP contribution in [-0.2, 0) is 9.59 Å². The molecule has 0 aliphatic rings. The van der Waals surface area contributed by atoms with Crippen LogP contribution < -0.4 is 16.0 Å². The van der Waals surface area contributed by atoms with Crippen LogP contribution in [0.15, 0.2) is 112 Å². The Morgan fingerprint density at radius 2 is 1.48 bits per heavy atom. The first-order valence-electron chi connectivity index (χ1n) is 12.5. The topological polar surface area (TPSA) is 87.3 Å². The third-order valence-corrected chi connectivity index (χ3v) is 7.42. The van der Waals surface area contributed by atoms with Crippen molar-refractivity contribution in [2.24, 2.45) is 0 Å². The SMILES string of the molecule is Cc1cccc(C)c1NC(=O)CSc1ccc(NC(=O)/C(=C/c2cccc(Br)c2)NC(=O)c2ccccc2)cc1. The van der Waals surface area contributed by atoms with Gasteiger partial charge >= 0.3 is 0 Å². The Hall–Kier alpha value is -4.14. The Morgan fingerprint density at radius 1 is 0.800 bits per heavy atom. The van der Waals surface area contributed by atoms with Crippen LogP contribution in [0.25, 0.3) is 6.08 Å². The smallest absolute Gasteiger partial charge is 0.272 e. The number of benzene rings is 4. The van der Waals surface area contributed by atoms with Gasteiger partial charge in [0.1, 0.15) is 5.70 Å². The van der Waals surface area contributed by atoms with Crippen molar-refractivity contribution in [1.82, 2.24) is 5.32 Å². The molecule has 0 aliphatic heterocycles. The Labute approximate surface area is 246 Å². The molecule has 0 fully saturated rings. The minimum Gasteiger partial charge on any atom is -0.325 e. The molecule has 40 heavy (non-hydrogen) atoms. The van der Waals surface area contributed by atoms with Crippen LogP contribution in [0.4, 0.5) is 11.4 Å². The van der Waals surface area contributed by atoms with Gasteiger partial charge in [0.25, 0.3) is 11.8 Å². The van der Waals surface area contributed by atoms with Crippen LogP contribution >= 0.6 is 27.7 Å². The highest BCUT2D eigenvalue weighted by Gasteiger charge is 2.15. The van der Waals surface area contributed by atoms with E-state index >= 15 is 0 Å². The molecular formula is C32H28BrN3O3S. The van der Waals surface area contributed by atoms with Gasteiger partial charge in [0, 0.05) is 26.3 Å². The van der Waals surface area contributed by atoms with E-state index in [9.17, 15) is 14.4 Å². The van der Waals surface area contributed by atoms with Gasteiger partial charge in [-0.15, -0.1) is 11.8 Å². The summed E-state index contributed by atoms with van der Waals surface area (Å²) in [6, 6.07) is 29.2. The number of hydrogen-bond donors (Lipinski definition) is 3. The zero-order chi connectivity index (χ0) is 28.5. The third kappa shape index (κ3) is 8.18. The Morgan fingerprint density at radius 3 is 2.15 bits per heavy atom. The van der Waals surface area contributed by atoms with Crippen LogP contribution in [0.3, 0.4) is 0 Å². The number of rotatable bonds is 9. The summed E-state index contributed by atoms with van der Waals surface area (Å²) in [6.07, 6.45) is 1.62. The highest BCUT2D eigenvalue weighted by atomic mass is 79.9. The van der Waals surface area contributed by atoms with Gasteiger partial charge in [-0.1, -0.05) is 64.5 Å². The third-order valence-electron chi connectivity index (χ3n) is 5.92. The summed E-state index contributed by atoms with van der Waals surface area (Å²) in [7, 11) is 0. The number of halogens is 1. The first kappa shape index (κ1) is 28.9. The quantitative estimate of drug-likeness (QED) is 0.137. The maximum atomic E-state index is 13.2. The minimum atomic E-state index is -0.461. The monoisotopic (exact) mass is 613 g/mol. The van der Waals surface area contributed by atoms with E-state index in [4.69, 9.17) is 0 Å². The number of carbonyl (C=O) groups excluding carboxylic acids is 3. The Kier molecular flexibility index (Phi) is 9.94. The van der Waals surface area contributed by atoms with E-state index in [-0.39, 0.29) is 23.3 Å². The molecule has 8 heteroatoms. The summed E-state index contributed by atoms with van der Waals surface area (Å²) in [4.78, 5) is 39.4. The van der Waals surface area contributed by atoms with Crippen molar-refractivity contribution >= 4 is 62.9 Å². The Balaban J connectivity index is 1.41. The van der Waals surface area contributed by atoms with Crippen molar-refractivity contribution in [2.75, 3.05) is 16.4 Å². The van der Waals surface area contributed by atoms with Gasteiger partial charge in [0.15, 0.2) is 0 Å². The second kappa shape index (κ2) is 13.8. The van der Waals surface area contributed by atoms with Gasteiger partial charge in [-0.05, 0) is 85.1 Å². The van der Waals surface area contributed by atoms with Crippen molar-refractivity contribution in [2.45, 2.75) is 18.7 Å². The van der Waals surface area contributed by atoms with Gasteiger partial charge in [-0.25, -0.2) is 0 Å². The fourth-order valence-electron chi connectivity index (χ4n) is 3.87. The predicted molar refractivity (Wildman–Crippen MR) is 166 cm³/mol. The largest absolute Gasteiger partial charge is 0.325 e. The number of hydrogen-bond acceptors (Lipinski definition) is 4. The summed E-state index contributed by atoms with van der Waals surface area (Å²) in [5.74, 6) is -0.679. The maximum absolute atomic E-state index is 13.2. The van der Waals surface area contributed by atoms with Crippen LogP contribution in [-0.4, -0.2) is 23.5 Å². The van der Waals surface area contributed by atoms with E-state index in [2.05, 4.69) is 31.9 Å². The number of carbonyl (C=O) groups is 3. The molecular weight excluding hydrogens is 586 g/mol. The highest BCUT2D eigenvalue weighted by molar-refractivity contribution is 9.10. The second-order valence-corrected chi connectivity index (χ2v) is 11.0. The summed E-state index contributed by atoms with van der Waals surface area (Å²) < 4.78 is 0.853. The van der Waals surface area contributed by atoms with Gasteiger partial charge < -0.3 is 16.0 Å². The molecule has 0 heterocycles. The van der Waals surface area contributed by atoms with E-state index in [1.807, 2.05) is 74.5 Å². The molecule has 0 atom stereocenters. The predicted octanol–water partition coefficient (Wildman–Crippen LogP) is 7.21. The molecule has 4 aromatic rings. The summed E-state index contributed by atoms with van der Waals surface area (Å²) in [5.41, 5.74) is 4.74. The number of amides is 3. The molecule has 0 aliphatic carbocycles. The van der Waals surface area contributed by atoms with E-state index in [1.165, 1.54) is 11.8 Å². The van der Waals surface area contributed by atoms with Crippen LogP contribution in [0.2, 0.25) is 0 Å². The van der Waals surface area contributed by atoms with Gasteiger partial charge in [-0.2, -0.15) is 0 Å². The fourth-order valence-corrected chi connectivity index (χ4v) is 4.99. The lowest BCUT2D eigenvalue weighted by molar-refractivity contribution is -0.114. The van der Waals surface area contributed by atoms with Crippen LogP contribution in [0, 0.1) is 13.8 Å². The molecule has 0 saturated heterocycles. The first-order valence-corrected chi connectivity index (χ1v) is 14.3. The van der Waals surface area contributed by atoms with E-state index < -0.39 is 5.91 Å².